The van der Waals surface area contributed by atoms with E-state index in [0.29, 0.717) is 12.2 Å². The predicted octanol–water partition coefficient (Wildman–Crippen LogP) is 2.38. The molecular weight excluding hydrogens is 254 g/mol. The molecular formula is C15H17N3O2. The molecule has 0 saturated carbocycles. The lowest BCUT2D eigenvalue weighted by Gasteiger charge is -2.16. The van der Waals surface area contributed by atoms with Gasteiger partial charge in [-0.15, -0.1) is 0 Å². The third-order valence-electron chi connectivity index (χ3n) is 3.51. The van der Waals surface area contributed by atoms with Crippen LogP contribution in [0.25, 0.3) is 11.4 Å². The lowest BCUT2D eigenvalue weighted by Crippen LogP contribution is -2.16. The van der Waals surface area contributed by atoms with Gasteiger partial charge in [0.05, 0.1) is 24.9 Å². The van der Waals surface area contributed by atoms with Crippen LogP contribution >= 0.6 is 0 Å². The van der Waals surface area contributed by atoms with Gasteiger partial charge in [0.25, 0.3) is 5.91 Å². The molecule has 0 radical (unpaired) electrons. The molecule has 0 atom stereocenters. The number of nitrogens with one attached hydrogen (secondary N) is 1. The Balaban J connectivity index is 2.24. The number of carbonyl (C=O) groups excluding carboxylic acids is 1. The van der Waals surface area contributed by atoms with Crippen molar-refractivity contribution in [2.75, 3.05) is 7.11 Å². The van der Waals surface area contributed by atoms with E-state index in [1.54, 1.807) is 7.11 Å². The molecule has 1 aromatic heterocycles. The first-order chi connectivity index (χ1) is 9.63. The minimum absolute atomic E-state index is 0.101. The number of methoxy groups -OCH3 is 1. The molecule has 1 aliphatic rings. The Bertz CT molecular complexity index is 674. The van der Waals surface area contributed by atoms with Crippen LogP contribution in [0.4, 0.5) is 0 Å². The molecule has 1 N–H and O–H groups in total. The lowest BCUT2D eigenvalue weighted by atomic mass is 10.1. The van der Waals surface area contributed by atoms with Crippen molar-refractivity contribution in [1.82, 2.24) is 14.9 Å². The zero-order chi connectivity index (χ0) is 14.3. The fourth-order valence-corrected chi connectivity index (χ4v) is 2.64. The van der Waals surface area contributed by atoms with E-state index < -0.39 is 0 Å². The fourth-order valence-electron chi connectivity index (χ4n) is 2.64. The number of amides is 1. The number of aromatic nitrogens is 2. The second kappa shape index (κ2) is 4.67. The molecule has 0 bridgehead atoms. The van der Waals surface area contributed by atoms with E-state index in [2.05, 4.69) is 28.7 Å². The first kappa shape index (κ1) is 12.7. The van der Waals surface area contributed by atoms with Crippen molar-refractivity contribution in [2.24, 2.45) is 0 Å². The molecule has 104 valence electrons. The molecule has 5 heteroatoms. The van der Waals surface area contributed by atoms with E-state index in [0.717, 1.165) is 22.8 Å². The molecule has 0 spiro atoms. The van der Waals surface area contributed by atoms with Crippen molar-refractivity contribution in [3.05, 3.63) is 35.7 Å². The molecule has 2 aromatic rings. The molecule has 5 nitrogen and oxygen atoms in total. The number of rotatable bonds is 3. The Hall–Kier alpha value is -2.30. The first-order valence-corrected chi connectivity index (χ1v) is 6.66. The Kier molecular flexibility index (Phi) is 2.97. The highest BCUT2D eigenvalue weighted by Crippen LogP contribution is 2.33. The maximum absolute atomic E-state index is 11.8. The molecule has 0 fully saturated rings. The zero-order valence-corrected chi connectivity index (χ0v) is 11.8. The topological polar surface area (TPSA) is 56.1 Å². The van der Waals surface area contributed by atoms with E-state index in [1.165, 1.54) is 0 Å². The van der Waals surface area contributed by atoms with Gasteiger partial charge in [0.2, 0.25) is 0 Å². The maximum atomic E-state index is 11.8. The standard InChI is InChI=1S/C15H17N3O2/c1-9(2)18-11-8-16-15(19)13(11)17-14(18)10-6-4-5-7-12(10)20-3/h4-7,9H,8H2,1-3H3,(H,16,19). The zero-order valence-electron chi connectivity index (χ0n) is 11.8. The number of benzene rings is 1. The summed E-state index contributed by atoms with van der Waals surface area (Å²) in [6.45, 7) is 4.71. The average Bonchev–Trinajstić information content (AvgIpc) is 2.99. The van der Waals surface area contributed by atoms with Crippen LogP contribution in [0.3, 0.4) is 0 Å². The number of nitrogens with zero attached hydrogens (tertiary/aromatic N) is 2. The summed E-state index contributed by atoms with van der Waals surface area (Å²) in [5.74, 6) is 1.45. The van der Waals surface area contributed by atoms with E-state index in [4.69, 9.17) is 4.74 Å². The average molecular weight is 271 g/mol. The van der Waals surface area contributed by atoms with Crippen molar-refractivity contribution in [2.45, 2.75) is 26.4 Å². The quantitative estimate of drug-likeness (QED) is 0.932. The van der Waals surface area contributed by atoms with Crippen LogP contribution in [-0.2, 0) is 6.54 Å². The van der Waals surface area contributed by atoms with E-state index >= 15 is 0 Å². The second-order valence-corrected chi connectivity index (χ2v) is 5.08. The largest absolute Gasteiger partial charge is 0.496 e. The van der Waals surface area contributed by atoms with E-state index in [1.807, 2.05) is 24.3 Å². The maximum Gasteiger partial charge on any atom is 0.272 e. The van der Waals surface area contributed by atoms with Gasteiger partial charge in [0.1, 0.15) is 11.6 Å². The third-order valence-corrected chi connectivity index (χ3v) is 3.51. The number of carbonyl (C=O) groups is 1. The highest BCUT2D eigenvalue weighted by atomic mass is 16.5. The summed E-state index contributed by atoms with van der Waals surface area (Å²) in [5.41, 5.74) is 2.39. The minimum Gasteiger partial charge on any atom is -0.496 e. The summed E-state index contributed by atoms with van der Waals surface area (Å²) in [4.78, 5) is 16.4. The van der Waals surface area contributed by atoms with Gasteiger partial charge in [-0.25, -0.2) is 4.98 Å². The van der Waals surface area contributed by atoms with Gasteiger partial charge >= 0.3 is 0 Å². The molecule has 1 aliphatic heterocycles. The molecule has 3 rings (SSSR count). The van der Waals surface area contributed by atoms with Crippen LogP contribution in [0.2, 0.25) is 0 Å². The Morgan fingerprint density at radius 2 is 2.10 bits per heavy atom. The third kappa shape index (κ3) is 1.78. The molecule has 2 heterocycles. The van der Waals surface area contributed by atoms with Gasteiger partial charge < -0.3 is 14.6 Å². The summed E-state index contributed by atoms with van der Waals surface area (Å²) in [6.07, 6.45) is 0. The van der Waals surface area contributed by atoms with Gasteiger partial charge in [-0.2, -0.15) is 0 Å². The van der Waals surface area contributed by atoms with Gasteiger partial charge in [0.15, 0.2) is 5.69 Å². The van der Waals surface area contributed by atoms with Crippen molar-refractivity contribution in [1.29, 1.82) is 0 Å². The van der Waals surface area contributed by atoms with Gasteiger partial charge in [-0.1, -0.05) is 12.1 Å². The summed E-state index contributed by atoms with van der Waals surface area (Å²) in [5, 5.41) is 2.81. The number of imidazole rings is 1. The predicted molar refractivity (Wildman–Crippen MR) is 75.8 cm³/mol. The number of hydrogen-bond acceptors (Lipinski definition) is 3. The smallest absolute Gasteiger partial charge is 0.272 e. The molecule has 20 heavy (non-hydrogen) atoms. The normalized spacial score (nSPS) is 13.5. The van der Waals surface area contributed by atoms with Crippen LogP contribution < -0.4 is 10.1 Å². The Morgan fingerprint density at radius 3 is 2.80 bits per heavy atom. The van der Waals surface area contributed by atoms with Crippen LogP contribution in [0, 0.1) is 0 Å². The highest BCUT2D eigenvalue weighted by Gasteiger charge is 2.29. The summed E-state index contributed by atoms with van der Waals surface area (Å²) >= 11 is 0. The SMILES string of the molecule is COc1ccccc1-c1nc2c(n1C(C)C)CNC2=O. The summed E-state index contributed by atoms with van der Waals surface area (Å²) < 4.78 is 7.51. The number of hydrogen-bond donors (Lipinski definition) is 1. The molecule has 1 amide bonds. The number of para-hydroxylation sites is 1. The number of ether oxygens (including phenoxy) is 1. The molecule has 0 unspecified atom stereocenters. The summed E-state index contributed by atoms with van der Waals surface area (Å²) in [6, 6.07) is 7.96. The van der Waals surface area contributed by atoms with Crippen molar-refractivity contribution >= 4 is 5.91 Å². The fraction of sp³-hybridized carbons (Fsp3) is 0.333. The van der Waals surface area contributed by atoms with Crippen molar-refractivity contribution < 1.29 is 9.53 Å². The monoisotopic (exact) mass is 271 g/mol. The van der Waals surface area contributed by atoms with Crippen molar-refractivity contribution in [3.63, 3.8) is 0 Å². The minimum atomic E-state index is -0.101. The van der Waals surface area contributed by atoms with E-state index in [-0.39, 0.29) is 11.9 Å². The van der Waals surface area contributed by atoms with Crippen LogP contribution in [0.1, 0.15) is 36.1 Å². The number of fused-ring (bicyclic) bond motifs is 1. The van der Waals surface area contributed by atoms with Crippen molar-refractivity contribution in [3.8, 4) is 17.1 Å². The second-order valence-electron chi connectivity index (χ2n) is 5.08. The van der Waals surface area contributed by atoms with Gasteiger partial charge in [0, 0.05) is 6.04 Å². The van der Waals surface area contributed by atoms with Gasteiger partial charge in [-0.05, 0) is 26.0 Å². The van der Waals surface area contributed by atoms with Gasteiger partial charge in [-0.3, -0.25) is 4.79 Å². The highest BCUT2D eigenvalue weighted by molar-refractivity contribution is 5.97. The molecule has 0 aliphatic carbocycles. The molecule has 0 saturated heterocycles. The van der Waals surface area contributed by atoms with E-state index in [9.17, 15) is 4.79 Å². The molecule has 1 aromatic carbocycles. The Morgan fingerprint density at radius 1 is 1.35 bits per heavy atom. The Labute approximate surface area is 117 Å². The first-order valence-electron chi connectivity index (χ1n) is 6.66. The van der Waals surface area contributed by atoms with Crippen LogP contribution in [0.15, 0.2) is 24.3 Å². The lowest BCUT2D eigenvalue weighted by molar-refractivity contribution is 0.0961. The van der Waals surface area contributed by atoms with Crippen LogP contribution in [-0.4, -0.2) is 22.6 Å². The van der Waals surface area contributed by atoms with Crippen LogP contribution in [0.5, 0.6) is 5.75 Å². The summed E-state index contributed by atoms with van der Waals surface area (Å²) in [7, 11) is 1.64.